The number of carboxylic acids is 1. The van der Waals surface area contributed by atoms with Crippen LogP contribution >= 0.6 is 0 Å². The normalized spacial score (nSPS) is 10.3. The number of methoxy groups -OCH3 is 1. The first-order valence-electron chi connectivity index (χ1n) is 4.51. The number of pyridine rings is 1. The third kappa shape index (κ3) is 1.63. The minimum absolute atomic E-state index is 0.0712. The Morgan fingerprint density at radius 1 is 1.44 bits per heavy atom. The van der Waals surface area contributed by atoms with E-state index in [4.69, 9.17) is 9.84 Å². The van der Waals surface area contributed by atoms with Crippen molar-refractivity contribution in [3.05, 3.63) is 29.8 Å². The number of aromatic carboxylic acids is 1. The van der Waals surface area contributed by atoms with E-state index in [-0.39, 0.29) is 17.2 Å². The Morgan fingerprint density at radius 2 is 2.19 bits per heavy atom. The van der Waals surface area contributed by atoms with Gasteiger partial charge in [0, 0.05) is 11.5 Å². The van der Waals surface area contributed by atoms with Crippen molar-refractivity contribution in [2.45, 2.75) is 0 Å². The van der Waals surface area contributed by atoms with E-state index in [1.165, 1.54) is 31.4 Å². The molecule has 0 spiro atoms. The molecule has 5 heteroatoms. The Kier molecular flexibility index (Phi) is 2.36. The molecule has 0 fully saturated rings. The first-order chi connectivity index (χ1) is 7.61. The van der Waals surface area contributed by atoms with Crippen molar-refractivity contribution in [2.24, 2.45) is 0 Å². The number of benzene rings is 1. The van der Waals surface area contributed by atoms with Gasteiger partial charge in [0.15, 0.2) is 0 Å². The molecule has 0 bridgehead atoms. The lowest BCUT2D eigenvalue weighted by Crippen LogP contribution is -2.01. The zero-order valence-corrected chi connectivity index (χ0v) is 8.43. The predicted octanol–water partition coefficient (Wildman–Crippen LogP) is 1.02. The quantitative estimate of drug-likeness (QED) is 0.813. The van der Waals surface area contributed by atoms with Crippen molar-refractivity contribution < 1.29 is 19.7 Å². The number of rotatable bonds is 2. The lowest BCUT2D eigenvalue weighted by atomic mass is 10.1. The molecule has 0 radical (unpaired) electrons. The Hall–Kier alpha value is -2.30. The third-order valence-corrected chi connectivity index (χ3v) is 2.20. The summed E-state index contributed by atoms with van der Waals surface area (Å²) in [5.41, 5.74) is 0.395. The van der Waals surface area contributed by atoms with Crippen LogP contribution in [0, 0.1) is 0 Å². The molecule has 1 aromatic carbocycles. The van der Waals surface area contributed by atoms with E-state index in [1.54, 1.807) is 0 Å². The molecule has 0 aliphatic heterocycles. The van der Waals surface area contributed by atoms with Gasteiger partial charge in [-0.25, -0.2) is 9.78 Å². The van der Waals surface area contributed by atoms with E-state index in [2.05, 4.69) is 4.98 Å². The number of hydrogen-bond acceptors (Lipinski definition) is 4. The summed E-state index contributed by atoms with van der Waals surface area (Å²) < 4.78 is 4.88. The van der Waals surface area contributed by atoms with Gasteiger partial charge in [0.05, 0.1) is 18.2 Å². The van der Waals surface area contributed by atoms with Crippen LogP contribution in [0.15, 0.2) is 24.3 Å². The Labute approximate surface area is 90.9 Å². The van der Waals surface area contributed by atoms with Crippen molar-refractivity contribution in [1.29, 1.82) is 0 Å². The van der Waals surface area contributed by atoms with Gasteiger partial charge < -0.3 is 14.9 Å². The standard InChI is InChI=1S/C11H9NO4/c1-16-10-5-8(11(14)15)7-3-2-6(13)4-9(7)12-10/h2-5,13H,1H3,(H,14,15)/p-1. The molecule has 2 rings (SSSR count). The van der Waals surface area contributed by atoms with Crippen LogP contribution in [0.1, 0.15) is 10.4 Å². The van der Waals surface area contributed by atoms with Crippen molar-refractivity contribution in [3.63, 3.8) is 0 Å². The van der Waals surface area contributed by atoms with Crippen LogP contribution in [-0.2, 0) is 0 Å². The molecule has 82 valence electrons. The van der Waals surface area contributed by atoms with Crippen molar-refractivity contribution in [3.8, 4) is 11.6 Å². The average molecular weight is 218 g/mol. The van der Waals surface area contributed by atoms with Gasteiger partial charge in [-0.2, -0.15) is 0 Å². The number of carboxylic acid groups (broad SMARTS) is 1. The van der Waals surface area contributed by atoms with Crippen LogP contribution in [0.5, 0.6) is 11.6 Å². The minimum Gasteiger partial charge on any atom is -0.872 e. The number of fused-ring (bicyclic) bond motifs is 1. The summed E-state index contributed by atoms with van der Waals surface area (Å²) in [6.07, 6.45) is 0. The summed E-state index contributed by atoms with van der Waals surface area (Å²) in [6, 6.07) is 5.37. The van der Waals surface area contributed by atoms with E-state index in [1.807, 2.05) is 0 Å². The summed E-state index contributed by atoms with van der Waals surface area (Å²) >= 11 is 0. The summed E-state index contributed by atoms with van der Waals surface area (Å²) in [7, 11) is 1.39. The SMILES string of the molecule is COc1cc(C(=O)O)c2ccc([O-])cc2n1. The molecule has 0 saturated carbocycles. The number of hydrogen-bond donors (Lipinski definition) is 1. The molecule has 2 aromatic rings. The largest absolute Gasteiger partial charge is 0.872 e. The number of carbonyl (C=O) groups is 1. The average Bonchev–Trinajstić information content (AvgIpc) is 2.26. The second-order valence-corrected chi connectivity index (χ2v) is 3.20. The van der Waals surface area contributed by atoms with Gasteiger partial charge in [-0.15, -0.1) is 5.75 Å². The van der Waals surface area contributed by atoms with Crippen LogP contribution < -0.4 is 9.84 Å². The fourth-order valence-electron chi connectivity index (χ4n) is 1.47. The molecule has 1 N–H and O–H groups in total. The van der Waals surface area contributed by atoms with E-state index in [0.29, 0.717) is 10.9 Å². The summed E-state index contributed by atoms with van der Waals surface area (Å²) in [6.45, 7) is 0. The van der Waals surface area contributed by atoms with Crippen LogP contribution in [-0.4, -0.2) is 23.2 Å². The molecule has 1 aromatic heterocycles. The van der Waals surface area contributed by atoms with Crippen molar-refractivity contribution >= 4 is 16.9 Å². The first-order valence-corrected chi connectivity index (χ1v) is 4.51. The highest BCUT2D eigenvalue weighted by Gasteiger charge is 2.11. The van der Waals surface area contributed by atoms with Gasteiger partial charge in [0.1, 0.15) is 0 Å². The van der Waals surface area contributed by atoms with Crippen LogP contribution in [0.25, 0.3) is 10.9 Å². The highest BCUT2D eigenvalue weighted by molar-refractivity contribution is 6.03. The Bertz CT molecular complexity index is 565. The molecule has 5 nitrogen and oxygen atoms in total. The van der Waals surface area contributed by atoms with E-state index < -0.39 is 5.97 Å². The molecule has 0 aliphatic carbocycles. The highest BCUT2D eigenvalue weighted by Crippen LogP contribution is 2.24. The minimum atomic E-state index is -1.08. The summed E-state index contributed by atoms with van der Waals surface area (Å²) in [4.78, 5) is 15.0. The summed E-state index contributed by atoms with van der Waals surface area (Å²) in [5.74, 6) is -1.12. The van der Waals surface area contributed by atoms with Gasteiger partial charge in [-0.3, -0.25) is 0 Å². The zero-order chi connectivity index (χ0) is 11.7. The zero-order valence-electron chi connectivity index (χ0n) is 8.43. The highest BCUT2D eigenvalue weighted by atomic mass is 16.5. The molecule has 1 heterocycles. The predicted molar refractivity (Wildman–Crippen MR) is 54.7 cm³/mol. The monoisotopic (exact) mass is 218 g/mol. The van der Waals surface area contributed by atoms with Gasteiger partial charge >= 0.3 is 5.97 Å². The lowest BCUT2D eigenvalue weighted by molar-refractivity contribution is -0.268. The fourth-order valence-corrected chi connectivity index (χ4v) is 1.47. The molecular formula is C11H8NO4-. The third-order valence-electron chi connectivity index (χ3n) is 2.20. The molecule has 0 aliphatic rings. The Balaban J connectivity index is 2.81. The van der Waals surface area contributed by atoms with E-state index in [0.717, 1.165) is 0 Å². The molecular weight excluding hydrogens is 210 g/mol. The summed E-state index contributed by atoms with van der Waals surface area (Å²) in [5, 5.41) is 20.6. The fraction of sp³-hybridized carbons (Fsp3) is 0.0909. The molecule has 0 atom stereocenters. The van der Waals surface area contributed by atoms with Gasteiger partial charge in [0.25, 0.3) is 0 Å². The van der Waals surface area contributed by atoms with Crippen LogP contribution in [0.2, 0.25) is 0 Å². The maximum atomic E-state index is 11.1. The van der Waals surface area contributed by atoms with Gasteiger partial charge in [-0.1, -0.05) is 12.1 Å². The number of aromatic nitrogens is 1. The smallest absolute Gasteiger partial charge is 0.336 e. The Morgan fingerprint density at radius 3 is 2.81 bits per heavy atom. The van der Waals surface area contributed by atoms with Crippen LogP contribution in [0.4, 0.5) is 0 Å². The molecule has 0 amide bonds. The van der Waals surface area contributed by atoms with E-state index >= 15 is 0 Å². The maximum absolute atomic E-state index is 11.1. The lowest BCUT2D eigenvalue weighted by Gasteiger charge is -2.09. The van der Waals surface area contributed by atoms with Gasteiger partial charge in [0.2, 0.25) is 5.88 Å². The van der Waals surface area contributed by atoms with Crippen molar-refractivity contribution in [1.82, 2.24) is 4.98 Å². The number of nitrogens with zero attached hydrogens (tertiary/aromatic N) is 1. The van der Waals surface area contributed by atoms with E-state index in [9.17, 15) is 9.90 Å². The second-order valence-electron chi connectivity index (χ2n) is 3.20. The topological polar surface area (TPSA) is 82.5 Å². The first kappa shape index (κ1) is 10.2. The molecule has 0 saturated heterocycles. The second kappa shape index (κ2) is 3.69. The molecule has 16 heavy (non-hydrogen) atoms. The number of ether oxygens (including phenoxy) is 1. The van der Waals surface area contributed by atoms with Gasteiger partial charge in [-0.05, 0) is 6.07 Å². The maximum Gasteiger partial charge on any atom is 0.336 e. The van der Waals surface area contributed by atoms with Crippen LogP contribution in [0.3, 0.4) is 0 Å². The molecule has 0 unspecified atom stereocenters. The van der Waals surface area contributed by atoms with Crippen molar-refractivity contribution in [2.75, 3.05) is 7.11 Å².